The summed E-state index contributed by atoms with van der Waals surface area (Å²) in [5, 5.41) is 5.91. The number of carbonyl (C=O) groups excluding carboxylic acids is 1. The first-order valence-corrected chi connectivity index (χ1v) is 19.1. The molecule has 2 aromatic carbocycles. The SMILES string of the molecule is COc1ccc(CN(c2ncns2)S(=O)(=O)c2cc(F)c(NC[C@H](CC3(CCN(C)C)CCC3)[C@@H](C)NC(=O)OC(C)(C)C)cc2F)c(OC)c1. The van der Waals surface area contributed by atoms with E-state index >= 15 is 8.78 Å². The largest absolute Gasteiger partial charge is 0.497 e. The predicted octanol–water partition coefficient (Wildman–Crippen LogP) is 6.68. The number of ether oxygens (including phenoxy) is 3. The van der Waals surface area contributed by atoms with Gasteiger partial charge in [-0.3, -0.25) is 0 Å². The Labute approximate surface area is 304 Å². The van der Waals surface area contributed by atoms with Crippen molar-refractivity contribution in [3.63, 3.8) is 0 Å². The molecular formula is C35H50F2N6O6S2. The highest BCUT2D eigenvalue weighted by Crippen LogP contribution is 2.49. The number of sulfonamides is 1. The number of amides is 1. The Bertz CT molecular complexity index is 1730. The standard InChI is InChI=1S/C35H50F2N6O6S2/c1-23(41-33(44)49-34(2,3)4)25(19-35(12-9-13-35)14-15-42(5)6)20-38-29-17-28(37)31(18-27(29)36)51(45,46)43(32-39-22-40-50-32)21-24-10-11-26(47-7)16-30(24)48-8/h10-11,16-18,22-23,25,38H,9,12-15,19-21H2,1-8H3,(H,41,44)/t23-,25+/m1/s1. The van der Waals surface area contributed by atoms with E-state index in [0.717, 1.165) is 60.6 Å². The van der Waals surface area contributed by atoms with Gasteiger partial charge in [-0.15, -0.1) is 0 Å². The van der Waals surface area contributed by atoms with Gasteiger partial charge in [0, 0.05) is 41.8 Å². The van der Waals surface area contributed by atoms with Crippen molar-refractivity contribution < 1.29 is 36.2 Å². The van der Waals surface area contributed by atoms with Crippen molar-refractivity contribution >= 4 is 38.5 Å². The second-order valence-corrected chi connectivity index (χ2v) is 17.0. The molecule has 1 amide bonds. The Morgan fingerprint density at radius 1 is 1.10 bits per heavy atom. The second kappa shape index (κ2) is 16.7. The maximum Gasteiger partial charge on any atom is 0.407 e. The lowest BCUT2D eigenvalue weighted by atomic mass is 9.61. The topological polar surface area (TPSA) is 135 Å². The lowest BCUT2D eigenvalue weighted by molar-refractivity contribution is 0.0424. The molecule has 16 heteroatoms. The molecule has 12 nitrogen and oxygen atoms in total. The van der Waals surface area contributed by atoms with Crippen LogP contribution in [-0.2, 0) is 21.3 Å². The number of hydrogen-bond acceptors (Lipinski definition) is 11. The molecule has 4 rings (SSSR count). The smallest absolute Gasteiger partial charge is 0.407 e. The van der Waals surface area contributed by atoms with Gasteiger partial charge in [0.05, 0.1) is 26.5 Å². The second-order valence-electron chi connectivity index (χ2n) is 14.4. The predicted molar refractivity (Wildman–Crippen MR) is 194 cm³/mol. The van der Waals surface area contributed by atoms with Crippen molar-refractivity contribution in [1.29, 1.82) is 0 Å². The third kappa shape index (κ3) is 10.4. The average Bonchev–Trinajstić information content (AvgIpc) is 3.57. The highest BCUT2D eigenvalue weighted by molar-refractivity contribution is 7.93. The van der Waals surface area contributed by atoms with Gasteiger partial charge in [-0.1, -0.05) is 6.42 Å². The van der Waals surface area contributed by atoms with Crippen molar-refractivity contribution in [1.82, 2.24) is 19.6 Å². The van der Waals surface area contributed by atoms with Crippen LogP contribution in [0.5, 0.6) is 11.5 Å². The highest BCUT2D eigenvalue weighted by atomic mass is 32.2. The zero-order chi connectivity index (χ0) is 37.6. The lowest BCUT2D eigenvalue weighted by Crippen LogP contribution is -2.46. The van der Waals surface area contributed by atoms with Gasteiger partial charge in [0.15, 0.2) is 0 Å². The van der Waals surface area contributed by atoms with Crippen LogP contribution in [0.25, 0.3) is 0 Å². The quantitative estimate of drug-likeness (QED) is 0.154. The summed E-state index contributed by atoms with van der Waals surface area (Å²) in [6, 6.07) is 6.00. The summed E-state index contributed by atoms with van der Waals surface area (Å²) in [6.45, 7) is 8.02. The molecule has 2 N–H and O–H groups in total. The van der Waals surface area contributed by atoms with Crippen LogP contribution in [0.4, 0.5) is 24.4 Å². The number of nitrogens with one attached hydrogen (secondary N) is 2. The summed E-state index contributed by atoms with van der Waals surface area (Å²) in [4.78, 5) is 18.0. The summed E-state index contributed by atoms with van der Waals surface area (Å²) in [6.07, 6.45) is 5.53. The number of alkyl carbamates (subject to hydrolysis) is 1. The number of anilines is 2. The van der Waals surface area contributed by atoms with Crippen LogP contribution < -0.4 is 24.4 Å². The number of hydrogen-bond donors (Lipinski definition) is 2. The van der Waals surface area contributed by atoms with Gasteiger partial charge in [0.25, 0.3) is 10.0 Å². The summed E-state index contributed by atoms with van der Waals surface area (Å²) < 4.78 is 80.7. The van der Waals surface area contributed by atoms with E-state index in [1.807, 2.05) is 21.0 Å². The first kappa shape index (κ1) is 40.0. The first-order valence-electron chi connectivity index (χ1n) is 16.8. The minimum Gasteiger partial charge on any atom is -0.497 e. The molecule has 1 fully saturated rings. The summed E-state index contributed by atoms with van der Waals surface area (Å²) in [5.41, 5.74) is -0.390. The van der Waals surface area contributed by atoms with Gasteiger partial charge in [0.1, 0.15) is 40.0 Å². The Morgan fingerprint density at radius 3 is 2.39 bits per heavy atom. The van der Waals surface area contributed by atoms with Crippen molar-refractivity contribution in [2.75, 3.05) is 51.0 Å². The van der Waals surface area contributed by atoms with E-state index in [1.165, 1.54) is 20.5 Å². The van der Waals surface area contributed by atoms with Crippen LogP contribution >= 0.6 is 11.5 Å². The number of nitrogens with zero attached hydrogens (tertiary/aromatic N) is 4. The minimum absolute atomic E-state index is 0.0385. The van der Waals surface area contributed by atoms with Gasteiger partial charge < -0.3 is 29.7 Å². The van der Waals surface area contributed by atoms with Gasteiger partial charge in [-0.2, -0.15) is 4.37 Å². The van der Waals surface area contributed by atoms with E-state index in [-0.39, 0.29) is 41.3 Å². The normalized spacial score (nSPS) is 15.4. The molecule has 0 bridgehead atoms. The van der Waals surface area contributed by atoms with Gasteiger partial charge in [0.2, 0.25) is 5.13 Å². The molecule has 0 radical (unpaired) electrons. The monoisotopic (exact) mass is 752 g/mol. The lowest BCUT2D eigenvalue weighted by Gasteiger charge is -2.46. The molecule has 3 aromatic rings. The highest BCUT2D eigenvalue weighted by Gasteiger charge is 2.40. The molecule has 1 aliphatic carbocycles. The fourth-order valence-corrected chi connectivity index (χ4v) is 8.37. The molecule has 0 aliphatic heterocycles. The maximum atomic E-state index is 15.9. The van der Waals surface area contributed by atoms with E-state index in [4.69, 9.17) is 14.2 Å². The Kier molecular flexibility index (Phi) is 13.1. The van der Waals surface area contributed by atoms with Crippen molar-refractivity contribution in [2.24, 2.45) is 11.3 Å². The molecule has 2 atom stereocenters. The number of benzene rings is 2. The molecule has 0 saturated heterocycles. The number of aromatic nitrogens is 2. The van der Waals surface area contributed by atoms with Crippen LogP contribution in [0.15, 0.2) is 41.6 Å². The van der Waals surface area contributed by atoms with Gasteiger partial charge >= 0.3 is 6.09 Å². The van der Waals surface area contributed by atoms with E-state index < -0.39 is 38.2 Å². The van der Waals surface area contributed by atoms with Gasteiger partial charge in [-0.25, -0.2) is 31.3 Å². The fraction of sp³-hybridized carbons (Fsp3) is 0.571. The maximum absolute atomic E-state index is 15.9. The average molecular weight is 753 g/mol. The van der Waals surface area contributed by atoms with Crippen LogP contribution in [0.3, 0.4) is 0 Å². The zero-order valence-electron chi connectivity index (χ0n) is 30.6. The number of carbonyl (C=O) groups is 1. The molecule has 51 heavy (non-hydrogen) atoms. The molecule has 1 heterocycles. The number of halogens is 2. The Hall–Kier alpha value is -3.76. The third-order valence-electron chi connectivity index (χ3n) is 9.17. The zero-order valence-corrected chi connectivity index (χ0v) is 32.2. The minimum atomic E-state index is -4.69. The Morgan fingerprint density at radius 2 is 1.82 bits per heavy atom. The van der Waals surface area contributed by atoms with Crippen LogP contribution in [-0.4, -0.2) is 81.8 Å². The number of rotatable bonds is 17. The van der Waals surface area contributed by atoms with E-state index in [1.54, 1.807) is 39.0 Å². The van der Waals surface area contributed by atoms with E-state index in [2.05, 4.69) is 24.9 Å². The van der Waals surface area contributed by atoms with Crippen LogP contribution in [0.2, 0.25) is 0 Å². The van der Waals surface area contributed by atoms with Crippen molar-refractivity contribution in [2.45, 2.75) is 82.9 Å². The van der Waals surface area contributed by atoms with Crippen molar-refractivity contribution in [3.8, 4) is 11.5 Å². The molecule has 0 spiro atoms. The molecule has 1 aromatic heterocycles. The van der Waals surface area contributed by atoms with Gasteiger partial charge in [-0.05, 0) is 104 Å². The third-order valence-corrected chi connectivity index (χ3v) is 11.7. The van der Waals surface area contributed by atoms with E-state index in [9.17, 15) is 13.2 Å². The Balaban J connectivity index is 1.60. The fourth-order valence-electron chi connectivity index (χ4n) is 6.18. The molecule has 1 aliphatic rings. The molecule has 0 unspecified atom stereocenters. The first-order chi connectivity index (χ1) is 24.0. The van der Waals surface area contributed by atoms with Crippen LogP contribution in [0, 0.1) is 23.0 Å². The molecule has 282 valence electrons. The molecular weight excluding hydrogens is 703 g/mol. The summed E-state index contributed by atoms with van der Waals surface area (Å²) in [5.74, 6) is -1.45. The summed E-state index contributed by atoms with van der Waals surface area (Å²) in [7, 11) is 2.28. The number of methoxy groups -OCH3 is 2. The van der Waals surface area contributed by atoms with Crippen LogP contribution in [0.1, 0.15) is 65.4 Å². The van der Waals surface area contributed by atoms with Crippen molar-refractivity contribution in [3.05, 3.63) is 53.9 Å². The van der Waals surface area contributed by atoms with E-state index in [0.29, 0.717) is 23.1 Å². The molecule has 1 saturated carbocycles. The summed E-state index contributed by atoms with van der Waals surface area (Å²) >= 11 is 0.793.